The number of rotatable bonds is 3. The van der Waals surface area contributed by atoms with Gasteiger partial charge in [-0.2, -0.15) is 0 Å². The van der Waals surface area contributed by atoms with E-state index in [4.69, 9.17) is 11.6 Å². The van der Waals surface area contributed by atoms with E-state index in [9.17, 15) is 9.90 Å². The highest BCUT2D eigenvalue weighted by Crippen LogP contribution is 2.24. The van der Waals surface area contributed by atoms with Gasteiger partial charge in [-0.05, 0) is 32.0 Å². The molecular formula is C12H15BrClNO2. The molecular weight excluding hydrogens is 305 g/mol. The van der Waals surface area contributed by atoms with E-state index in [0.717, 1.165) is 4.47 Å². The Labute approximate surface area is 115 Å². The molecule has 94 valence electrons. The predicted molar refractivity (Wildman–Crippen MR) is 72.4 cm³/mol. The summed E-state index contributed by atoms with van der Waals surface area (Å²) in [6.45, 7) is 3.47. The molecule has 1 N–H and O–H groups in total. The van der Waals surface area contributed by atoms with Crippen molar-refractivity contribution in [2.24, 2.45) is 0 Å². The molecule has 17 heavy (non-hydrogen) atoms. The van der Waals surface area contributed by atoms with Crippen LogP contribution in [0.3, 0.4) is 0 Å². The molecule has 0 aliphatic carbocycles. The molecule has 3 nitrogen and oxygen atoms in total. The first-order valence-electron chi connectivity index (χ1n) is 5.13. The molecule has 1 aromatic carbocycles. The molecule has 0 aliphatic heterocycles. The van der Waals surface area contributed by atoms with E-state index in [1.807, 2.05) is 0 Å². The minimum Gasteiger partial charge on any atom is -0.394 e. The fourth-order valence-electron chi connectivity index (χ4n) is 1.22. The van der Waals surface area contributed by atoms with Crippen LogP contribution < -0.4 is 0 Å². The highest BCUT2D eigenvalue weighted by atomic mass is 79.9. The van der Waals surface area contributed by atoms with E-state index in [2.05, 4.69) is 15.9 Å². The molecule has 1 aromatic rings. The van der Waals surface area contributed by atoms with Crippen molar-refractivity contribution in [3.8, 4) is 0 Å². The molecule has 0 bridgehead atoms. The Bertz CT molecular complexity index is 435. The molecule has 1 rings (SSSR count). The van der Waals surface area contributed by atoms with E-state index in [0.29, 0.717) is 10.6 Å². The standard InChI is InChI=1S/C12H15BrClNO2/c1-12(2,7-16)15(3)11(17)9-6-8(13)4-5-10(9)14/h4-6,16H,7H2,1-3H3. The number of carbonyl (C=O) groups excluding carboxylic acids is 1. The molecule has 0 unspecified atom stereocenters. The van der Waals surface area contributed by atoms with Crippen molar-refractivity contribution >= 4 is 33.4 Å². The molecule has 0 saturated heterocycles. The fraction of sp³-hybridized carbons (Fsp3) is 0.417. The number of aliphatic hydroxyl groups excluding tert-OH is 1. The topological polar surface area (TPSA) is 40.5 Å². The third-order valence-corrected chi connectivity index (χ3v) is 3.58. The maximum absolute atomic E-state index is 12.2. The van der Waals surface area contributed by atoms with Gasteiger partial charge >= 0.3 is 0 Å². The smallest absolute Gasteiger partial charge is 0.255 e. The number of nitrogens with zero attached hydrogens (tertiary/aromatic N) is 1. The van der Waals surface area contributed by atoms with E-state index >= 15 is 0 Å². The third kappa shape index (κ3) is 3.21. The van der Waals surface area contributed by atoms with E-state index in [1.54, 1.807) is 39.1 Å². The van der Waals surface area contributed by atoms with Crippen molar-refractivity contribution in [2.75, 3.05) is 13.7 Å². The molecule has 0 radical (unpaired) electrons. The van der Waals surface area contributed by atoms with Crippen LogP contribution >= 0.6 is 27.5 Å². The van der Waals surface area contributed by atoms with Gasteiger partial charge in [0, 0.05) is 11.5 Å². The van der Waals surface area contributed by atoms with Gasteiger partial charge in [0.25, 0.3) is 5.91 Å². The van der Waals surface area contributed by atoms with Crippen LogP contribution in [0, 0.1) is 0 Å². The van der Waals surface area contributed by atoms with Crippen molar-refractivity contribution < 1.29 is 9.90 Å². The minimum atomic E-state index is -0.622. The number of likely N-dealkylation sites (N-methyl/N-ethyl adjacent to an activating group) is 1. The Balaban J connectivity index is 3.08. The zero-order valence-electron chi connectivity index (χ0n) is 10.00. The quantitative estimate of drug-likeness (QED) is 0.930. The number of hydrogen-bond donors (Lipinski definition) is 1. The third-order valence-electron chi connectivity index (χ3n) is 2.76. The lowest BCUT2D eigenvalue weighted by Gasteiger charge is -2.34. The average molecular weight is 321 g/mol. The summed E-state index contributed by atoms with van der Waals surface area (Å²) in [6.07, 6.45) is 0. The Morgan fingerprint density at radius 2 is 2.12 bits per heavy atom. The van der Waals surface area contributed by atoms with Crippen LogP contribution in [0.4, 0.5) is 0 Å². The highest BCUT2D eigenvalue weighted by Gasteiger charge is 2.28. The number of carbonyl (C=O) groups is 1. The van der Waals surface area contributed by atoms with Gasteiger partial charge < -0.3 is 10.0 Å². The van der Waals surface area contributed by atoms with E-state index in [-0.39, 0.29) is 12.5 Å². The van der Waals surface area contributed by atoms with Crippen molar-refractivity contribution in [3.05, 3.63) is 33.3 Å². The van der Waals surface area contributed by atoms with Gasteiger partial charge in [0.2, 0.25) is 0 Å². The maximum Gasteiger partial charge on any atom is 0.255 e. The Kier molecular flexibility index (Phi) is 4.58. The average Bonchev–Trinajstić information content (AvgIpc) is 2.30. The zero-order valence-corrected chi connectivity index (χ0v) is 12.3. The van der Waals surface area contributed by atoms with Crippen molar-refractivity contribution in [3.63, 3.8) is 0 Å². The van der Waals surface area contributed by atoms with Crippen LogP contribution in [0.15, 0.2) is 22.7 Å². The predicted octanol–water partition coefficient (Wildman–Crippen LogP) is 2.95. The first-order chi connectivity index (χ1) is 7.79. The Morgan fingerprint density at radius 1 is 1.53 bits per heavy atom. The molecule has 0 heterocycles. The number of hydrogen-bond acceptors (Lipinski definition) is 2. The Hall–Kier alpha value is -0.580. The van der Waals surface area contributed by atoms with Gasteiger partial charge in [-0.15, -0.1) is 0 Å². The van der Waals surface area contributed by atoms with Crippen LogP contribution in [-0.2, 0) is 0 Å². The Morgan fingerprint density at radius 3 is 2.65 bits per heavy atom. The van der Waals surface area contributed by atoms with Crippen molar-refractivity contribution in [1.29, 1.82) is 0 Å². The van der Waals surface area contributed by atoms with Crippen LogP contribution in [0.1, 0.15) is 24.2 Å². The summed E-state index contributed by atoms with van der Waals surface area (Å²) in [4.78, 5) is 13.7. The van der Waals surface area contributed by atoms with Crippen LogP contribution in [0.5, 0.6) is 0 Å². The van der Waals surface area contributed by atoms with Gasteiger partial charge in [-0.25, -0.2) is 0 Å². The van der Waals surface area contributed by atoms with Crippen LogP contribution in [0.2, 0.25) is 5.02 Å². The molecule has 1 amide bonds. The summed E-state index contributed by atoms with van der Waals surface area (Å²) in [5, 5.41) is 9.65. The van der Waals surface area contributed by atoms with Gasteiger partial charge in [0.05, 0.1) is 22.7 Å². The molecule has 0 fully saturated rings. The SMILES string of the molecule is CN(C(=O)c1cc(Br)ccc1Cl)C(C)(C)CO. The summed E-state index contributed by atoms with van der Waals surface area (Å²) in [5.74, 6) is -0.213. The molecule has 0 spiro atoms. The monoisotopic (exact) mass is 319 g/mol. The molecule has 0 aliphatic rings. The molecule has 0 saturated carbocycles. The van der Waals surface area contributed by atoms with E-state index < -0.39 is 5.54 Å². The second-order valence-electron chi connectivity index (χ2n) is 4.46. The van der Waals surface area contributed by atoms with Gasteiger partial charge in [-0.1, -0.05) is 27.5 Å². The first-order valence-corrected chi connectivity index (χ1v) is 6.31. The van der Waals surface area contributed by atoms with Crippen molar-refractivity contribution in [1.82, 2.24) is 4.90 Å². The summed E-state index contributed by atoms with van der Waals surface area (Å²) in [5.41, 5.74) is -0.201. The number of aliphatic hydroxyl groups is 1. The summed E-state index contributed by atoms with van der Waals surface area (Å²) in [6, 6.07) is 5.11. The largest absolute Gasteiger partial charge is 0.394 e. The summed E-state index contributed by atoms with van der Waals surface area (Å²) < 4.78 is 0.792. The number of benzene rings is 1. The van der Waals surface area contributed by atoms with Crippen LogP contribution in [-0.4, -0.2) is 35.1 Å². The summed E-state index contributed by atoms with van der Waals surface area (Å²) >= 11 is 9.30. The summed E-state index contributed by atoms with van der Waals surface area (Å²) in [7, 11) is 1.65. The molecule has 0 aromatic heterocycles. The number of amides is 1. The zero-order chi connectivity index (χ0) is 13.2. The van der Waals surface area contributed by atoms with Gasteiger partial charge in [0.1, 0.15) is 0 Å². The highest BCUT2D eigenvalue weighted by molar-refractivity contribution is 9.10. The van der Waals surface area contributed by atoms with Crippen LogP contribution in [0.25, 0.3) is 0 Å². The fourth-order valence-corrected chi connectivity index (χ4v) is 1.78. The second-order valence-corrected chi connectivity index (χ2v) is 5.78. The molecule has 5 heteroatoms. The first kappa shape index (κ1) is 14.5. The normalized spacial score (nSPS) is 11.4. The number of halogens is 2. The van der Waals surface area contributed by atoms with Gasteiger partial charge in [-0.3, -0.25) is 4.79 Å². The van der Waals surface area contributed by atoms with E-state index in [1.165, 1.54) is 4.90 Å². The lowest BCUT2D eigenvalue weighted by Crippen LogP contribution is -2.47. The lowest BCUT2D eigenvalue weighted by atomic mass is 10.0. The molecule has 0 atom stereocenters. The lowest BCUT2D eigenvalue weighted by molar-refractivity contribution is 0.0473. The maximum atomic E-state index is 12.2. The van der Waals surface area contributed by atoms with Crippen molar-refractivity contribution in [2.45, 2.75) is 19.4 Å². The van der Waals surface area contributed by atoms with Gasteiger partial charge in [0.15, 0.2) is 0 Å². The minimum absolute atomic E-state index is 0.110. The second kappa shape index (κ2) is 5.38.